The Morgan fingerprint density at radius 3 is 2.81 bits per heavy atom. The van der Waals surface area contributed by atoms with Crippen molar-refractivity contribution in [2.24, 2.45) is 5.84 Å². The summed E-state index contributed by atoms with van der Waals surface area (Å²) in [5, 5.41) is 0.724. The lowest BCUT2D eigenvalue weighted by molar-refractivity contribution is 0.566. The van der Waals surface area contributed by atoms with Crippen LogP contribution in [0.4, 0.5) is 5.82 Å². The van der Waals surface area contributed by atoms with Gasteiger partial charge >= 0.3 is 0 Å². The van der Waals surface area contributed by atoms with Crippen LogP contribution in [0.15, 0.2) is 29.4 Å². The number of aryl methyl sites for hydroxylation is 1. The number of nitrogens with two attached hydrogens (primary N) is 1. The molecule has 2 aromatic heterocycles. The van der Waals surface area contributed by atoms with E-state index in [2.05, 4.69) is 20.1 Å². The van der Waals surface area contributed by atoms with E-state index in [-0.39, 0.29) is 10.7 Å². The number of sulfonamides is 1. The first-order valence-electron chi connectivity index (χ1n) is 6.36. The zero-order valence-corrected chi connectivity index (χ0v) is 13.3. The van der Waals surface area contributed by atoms with Gasteiger partial charge in [-0.1, -0.05) is 6.92 Å². The molecular formula is C12H17N5O2S2. The number of anilines is 1. The van der Waals surface area contributed by atoms with Crippen molar-refractivity contribution < 1.29 is 8.42 Å². The fourth-order valence-electron chi connectivity index (χ4n) is 1.75. The molecule has 0 saturated carbocycles. The molecule has 0 bridgehead atoms. The quantitative estimate of drug-likeness (QED) is 0.547. The van der Waals surface area contributed by atoms with Gasteiger partial charge in [0.2, 0.25) is 10.0 Å². The second-order valence-corrected chi connectivity index (χ2v) is 7.19. The lowest BCUT2D eigenvalue weighted by Crippen LogP contribution is -2.28. The number of nitrogen functional groups attached to an aromatic ring is 1. The van der Waals surface area contributed by atoms with Crippen LogP contribution < -0.4 is 16.0 Å². The van der Waals surface area contributed by atoms with Gasteiger partial charge in [0.05, 0.1) is 6.04 Å². The highest BCUT2D eigenvalue weighted by Crippen LogP contribution is 2.24. The third-order valence-electron chi connectivity index (χ3n) is 2.82. The summed E-state index contributed by atoms with van der Waals surface area (Å²) < 4.78 is 27.4. The minimum Gasteiger partial charge on any atom is -0.307 e. The molecule has 0 saturated heterocycles. The Morgan fingerprint density at radius 1 is 1.43 bits per heavy atom. The molecule has 2 rings (SSSR count). The highest BCUT2D eigenvalue weighted by atomic mass is 32.2. The maximum atomic E-state index is 12.4. The summed E-state index contributed by atoms with van der Waals surface area (Å²) in [6.07, 6.45) is 4.11. The smallest absolute Gasteiger partial charge is 0.244 e. The van der Waals surface area contributed by atoms with E-state index < -0.39 is 16.1 Å². The van der Waals surface area contributed by atoms with E-state index in [1.54, 1.807) is 19.2 Å². The van der Waals surface area contributed by atoms with Gasteiger partial charge in [-0.3, -0.25) is 0 Å². The van der Waals surface area contributed by atoms with E-state index in [1.807, 2.05) is 6.92 Å². The maximum Gasteiger partial charge on any atom is 0.244 e. The number of aromatic nitrogens is 2. The van der Waals surface area contributed by atoms with Gasteiger partial charge in [0.25, 0.3) is 0 Å². The summed E-state index contributed by atoms with van der Waals surface area (Å²) in [7, 11) is -3.74. The van der Waals surface area contributed by atoms with Crippen molar-refractivity contribution in [3.63, 3.8) is 0 Å². The number of hydrogen-bond acceptors (Lipinski definition) is 7. The maximum absolute atomic E-state index is 12.4. The lowest BCUT2D eigenvalue weighted by atomic mass is 10.4. The van der Waals surface area contributed by atoms with Gasteiger partial charge in [0.1, 0.15) is 9.90 Å². The number of rotatable bonds is 6. The minimum atomic E-state index is -3.74. The average Bonchev–Trinajstić information content (AvgIpc) is 2.96. The molecule has 0 radical (unpaired) electrons. The van der Waals surface area contributed by atoms with E-state index >= 15 is 0 Å². The van der Waals surface area contributed by atoms with E-state index in [9.17, 15) is 8.42 Å². The van der Waals surface area contributed by atoms with Crippen LogP contribution in [0.3, 0.4) is 0 Å². The van der Waals surface area contributed by atoms with Crippen molar-refractivity contribution in [2.45, 2.75) is 31.2 Å². The van der Waals surface area contributed by atoms with Gasteiger partial charge in [-0.2, -0.15) is 0 Å². The molecule has 4 N–H and O–H groups in total. The average molecular weight is 327 g/mol. The second kappa shape index (κ2) is 6.48. The molecule has 9 heteroatoms. The summed E-state index contributed by atoms with van der Waals surface area (Å²) in [6.45, 7) is 3.78. The van der Waals surface area contributed by atoms with E-state index in [1.165, 1.54) is 23.6 Å². The van der Waals surface area contributed by atoms with Gasteiger partial charge in [0, 0.05) is 17.3 Å². The van der Waals surface area contributed by atoms with E-state index in [0.29, 0.717) is 0 Å². The SMILES string of the molecule is CCc1cnc(C(C)NS(=O)(=O)c2cccnc2NN)s1. The van der Waals surface area contributed by atoms with Crippen LogP contribution in [0.25, 0.3) is 0 Å². The third kappa shape index (κ3) is 3.56. The molecule has 21 heavy (non-hydrogen) atoms. The predicted molar refractivity (Wildman–Crippen MR) is 82.3 cm³/mol. The Labute approximate surface area is 127 Å². The van der Waals surface area contributed by atoms with Crippen molar-refractivity contribution >= 4 is 27.2 Å². The Bertz CT molecular complexity index is 714. The molecule has 0 aliphatic rings. The van der Waals surface area contributed by atoms with Gasteiger partial charge in [0.15, 0.2) is 5.82 Å². The fourth-order valence-corrected chi connectivity index (χ4v) is 4.01. The van der Waals surface area contributed by atoms with Crippen molar-refractivity contribution in [1.29, 1.82) is 0 Å². The number of thiazole rings is 1. The fraction of sp³-hybridized carbons (Fsp3) is 0.333. The van der Waals surface area contributed by atoms with Crippen molar-refractivity contribution in [3.05, 3.63) is 34.4 Å². The Kier molecular flexibility index (Phi) is 4.88. The molecular weight excluding hydrogens is 310 g/mol. The van der Waals surface area contributed by atoms with Gasteiger partial charge in [-0.15, -0.1) is 11.3 Å². The van der Waals surface area contributed by atoms with Crippen molar-refractivity contribution in [2.75, 3.05) is 5.43 Å². The highest BCUT2D eigenvalue weighted by molar-refractivity contribution is 7.89. The molecule has 7 nitrogen and oxygen atoms in total. The molecule has 1 atom stereocenters. The van der Waals surface area contributed by atoms with Crippen LogP contribution in [-0.2, 0) is 16.4 Å². The van der Waals surface area contributed by atoms with Gasteiger partial charge < -0.3 is 5.43 Å². The van der Waals surface area contributed by atoms with Gasteiger partial charge in [-0.05, 0) is 25.5 Å². The molecule has 0 aliphatic carbocycles. The number of nitrogens with zero attached hydrogens (tertiary/aromatic N) is 2. The second-order valence-electron chi connectivity index (χ2n) is 4.36. The molecule has 1 unspecified atom stereocenters. The molecule has 2 heterocycles. The number of pyridine rings is 1. The largest absolute Gasteiger partial charge is 0.307 e. The van der Waals surface area contributed by atoms with Gasteiger partial charge in [-0.25, -0.2) is 29.0 Å². The molecule has 114 valence electrons. The van der Waals surface area contributed by atoms with Crippen LogP contribution in [0.1, 0.15) is 29.8 Å². The Morgan fingerprint density at radius 2 is 2.19 bits per heavy atom. The van der Waals surface area contributed by atoms with Crippen LogP contribution in [0.5, 0.6) is 0 Å². The summed E-state index contributed by atoms with van der Waals surface area (Å²) in [6, 6.07) is 2.56. The number of hydrogen-bond donors (Lipinski definition) is 3. The van der Waals surface area contributed by atoms with Crippen LogP contribution in [-0.4, -0.2) is 18.4 Å². The van der Waals surface area contributed by atoms with Crippen LogP contribution in [0.2, 0.25) is 0 Å². The standard InChI is InChI=1S/C12H17N5O2S2/c1-3-9-7-15-12(20-9)8(2)17-21(18,19)10-5-4-6-14-11(10)16-13/h4-8,17H,3,13H2,1-2H3,(H,14,16). The number of hydrazine groups is 1. The number of nitrogens with one attached hydrogen (secondary N) is 2. The third-order valence-corrected chi connectivity index (χ3v) is 5.72. The summed E-state index contributed by atoms with van der Waals surface area (Å²) in [5.74, 6) is 5.40. The molecule has 0 amide bonds. The Hall–Kier alpha value is -1.55. The molecule has 0 aliphatic heterocycles. The van der Waals surface area contributed by atoms with E-state index in [0.717, 1.165) is 16.3 Å². The summed E-state index contributed by atoms with van der Waals surface area (Å²) >= 11 is 1.49. The normalized spacial score (nSPS) is 13.1. The monoisotopic (exact) mass is 327 g/mol. The minimum absolute atomic E-state index is 0.00613. The van der Waals surface area contributed by atoms with Crippen LogP contribution in [0, 0.1) is 0 Å². The zero-order valence-electron chi connectivity index (χ0n) is 11.7. The first-order valence-corrected chi connectivity index (χ1v) is 8.66. The zero-order chi connectivity index (χ0) is 15.5. The highest BCUT2D eigenvalue weighted by Gasteiger charge is 2.23. The van der Waals surface area contributed by atoms with E-state index in [4.69, 9.17) is 5.84 Å². The molecule has 2 aromatic rings. The lowest BCUT2D eigenvalue weighted by Gasteiger charge is -2.13. The predicted octanol–water partition coefficient (Wildman–Crippen LogP) is 1.43. The van der Waals surface area contributed by atoms with Crippen molar-refractivity contribution in [3.8, 4) is 0 Å². The molecule has 0 spiro atoms. The van der Waals surface area contributed by atoms with Crippen molar-refractivity contribution in [1.82, 2.24) is 14.7 Å². The molecule has 0 fully saturated rings. The Balaban J connectivity index is 2.24. The summed E-state index contributed by atoms with van der Waals surface area (Å²) in [5.41, 5.74) is 2.28. The van der Waals surface area contributed by atoms with Crippen LogP contribution >= 0.6 is 11.3 Å². The first kappa shape index (κ1) is 15.8. The summed E-state index contributed by atoms with van der Waals surface area (Å²) in [4.78, 5) is 9.25. The molecule has 0 aromatic carbocycles. The topological polar surface area (TPSA) is 110 Å². The first-order chi connectivity index (χ1) is 9.97.